The molecule has 0 fully saturated rings. The molecule has 1 heterocycles. The van der Waals surface area contributed by atoms with Crippen molar-refractivity contribution in [3.8, 4) is 5.75 Å². The average Bonchev–Trinajstić information content (AvgIpc) is 2.66. The molecule has 0 saturated carbocycles. The zero-order valence-electron chi connectivity index (χ0n) is 14.2. The fourth-order valence-electron chi connectivity index (χ4n) is 2.87. The number of benzene rings is 2. The SMILES string of the molecule is NC(=NCCNc1ccccc1[N+](=O)[O-])NC1CCOc2ccccc21. The molecular formula is C18H21N5O3. The van der Waals surface area contributed by atoms with Crippen LogP contribution in [0.4, 0.5) is 11.4 Å². The van der Waals surface area contributed by atoms with E-state index in [2.05, 4.69) is 15.6 Å². The van der Waals surface area contributed by atoms with Gasteiger partial charge < -0.3 is 21.1 Å². The summed E-state index contributed by atoms with van der Waals surface area (Å²) in [7, 11) is 0. The lowest BCUT2D eigenvalue weighted by atomic mass is 10.0. The van der Waals surface area contributed by atoms with Crippen molar-refractivity contribution in [3.63, 3.8) is 0 Å². The van der Waals surface area contributed by atoms with E-state index in [1.54, 1.807) is 18.2 Å². The van der Waals surface area contributed by atoms with Crippen LogP contribution in [-0.2, 0) is 0 Å². The zero-order chi connectivity index (χ0) is 18.4. The topological polar surface area (TPSA) is 115 Å². The molecule has 2 aromatic rings. The first-order valence-electron chi connectivity index (χ1n) is 8.40. The second-order valence-electron chi connectivity index (χ2n) is 5.84. The van der Waals surface area contributed by atoms with Gasteiger partial charge in [-0.25, -0.2) is 0 Å². The van der Waals surface area contributed by atoms with Gasteiger partial charge in [-0.15, -0.1) is 0 Å². The second kappa shape index (κ2) is 8.19. The van der Waals surface area contributed by atoms with E-state index in [4.69, 9.17) is 10.5 Å². The fourth-order valence-corrected chi connectivity index (χ4v) is 2.87. The molecular weight excluding hydrogens is 334 g/mol. The van der Waals surface area contributed by atoms with Gasteiger partial charge in [-0.2, -0.15) is 0 Å². The van der Waals surface area contributed by atoms with Gasteiger partial charge in [0.15, 0.2) is 5.96 Å². The van der Waals surface area contributed by atoms with Crippen LogP contribution in [0.2, 0.25) is 0 Å². The van der Waals surface area contributed by atoms with E-state index in [0.717, 1.165) is 17.7 Å². The van der Waals surface area contributed by atoms with Crippen LogP contribution >= 0.6 is 0 Å². The Morgan fingerprint density at radius 2 is 2.04 bits per heavy atom. The van der Waals surface area contributed by atoms with Crippen molar-refractivity contribution in [2.45, 2.75) is 12.5 Å². The lowest BCUT2D eigenvalue weighted by molar-refractivity contribution is -0.384. The summed E-state index contributed by atoms with van der Waals surface area (Å²) < 4.78 is 5.63. The molecule has 0 amide bonds. The first-order chi connectivity index (χ1) is 12.6. The van der Waals surface area contributed by atoms with Crippen LogP contribution in [0, 0.1) is 10.1 Å². The zero-order valence-corrected chi connectivity index (χ0v) is 14.2. The van der Waals surface area contributed by atoms with Gasteiger partial charge in [0.2, 0.25) is 0 Å². The first-order valence-corrected chi connectivity index (χ1v) is 8.40. The number of nitrogens with zero attached hydrogens (tertiary/aromatic N) is 2. The summed E-state index contributed by atoms with van der Waals surface area (Å²) in [5, 5.41) is 17.2. The molecule has 8 heteroatoms. The first kappa shape index (κ1) is 17.5. The summed E-state index contributed by atoms with van der Waals surface area (Å²) in [5.41, 5.74) is 7.56. The molecule has 1 aliphatic rings. The number of hydrogen-bond acceptors (Lipinski definition) is 5. The maximum Gasteiger partial charge on any atom is 0.292 e. The Labute approximate surface area is 151 Å². The van der Waals surface area contributed by atoms with E-state index in [9.17, 15) is 10.1 Å². The van der Waals surface area contributed by atoms with Gasteiger partial charge in [0.25, 0.3) is 5.69 Å². The number of aliphatic imine (C=N–C) groups is 1. The predicted octanol–water partition coefficient (Wildman–Crippen LogP) is 2.43. The minimum Gasteiger partial charge on any atom is -0.493 e. The number of nitro benzene ring substituents is 1. The summed E-state index contributed by atoms with van der Waals surface area (Å²) in [4.78, 5) is 14.9. The van der Waals surface area contributed by atoms with Crippen LogP contribution in [0.25, 0.3) is 0 Å². The highest BCUT2D eigenvalue weighted by Gasteiger charge is 2.21. The van der Waals surface area contributed by atoms with Gasteiger partial charge in [-0.1, -0.05) is 30.3 Å². The molecule has 1 aliphatic heterocycles. The average molecular weight is 355 g/mol. The fraction of sp³-hybridized carbons (Fsp3) is 0.278. The summed E-state index contributed by atoms with van der Waals surface area (Å²) in [6.07, 6.45) is 0.807. The Bertz CT molecular complexity index is 809. The Balaban J connectivity index is 1.53. The quantitative estimate of drug-likeness (QED) is 0.241. The molecule has 0 aliphatic carbocycles. The van der Waals surface area contributed by atoms with E-state index >= 15 is 0 Å². The molecule has 0 saturated heterocycles. The number of nitrogens with two attached hydrogens (primary N) is 1. The molecule has 0 aromatic heterocycles. The van der Waals surface area contributed by atoms with E-state index in [1.807, 2.05) is 24.3 Å². The maximum absolute atomic E-state index is 11.0. The number of guanidine groups is 1. The molecule has 8 nitrogen and oxygen atoms in total. The van der Waals surface area contributed by atoms with Crippen molar-refractivity contribution in [2.24, 2.45) is 10.7 Å². The Morgan fingerprint density at radius 1 is 1.27 bits per heavy atom. The number of nitrogens with one attached hydrogen (secondary N) is 2. The summed E-state index contributed by atoms with van der Waals surface area (Å²) in [6, 6.07) is 14.4. The van der Waals surface area contributed by atoms with Crippen molar-refractivity contribution in [1.29, 1.82) is 0 Å². The second-order valence-corrected chi connectivity index (χ2v) is 5.84. The molecule has 136 valence electrons. The standard InChI is InChI=1S/C18H21N5O3/c19-18(22-14-9-12-26-17-8-4-1-5-13(14)17)21-11-10-20-15-6-2-3-7-16(15)23(24)25/h1-8,14,20H,9-12H2,(H3,19,21,22). The van der Waals surface area contributed by atoms with E-state index in [-0.39, 0.29) is 11.7 Å². The van der Waals surface area contributed by atoms with Crippen LogP contribution < -0.4 is 21.1 Å². The van der Waals surface area contributed by atoms with Crippen molar-refractivity contribution < 1.29 is 9.66 Å². The van der Waals surface area contributed by atoms with Crippen LogP contribution in [0.3, 0.4) is 0 Å². The normalized spacial score (nSPS) is 16.3. The van der Waals surface area contributed by atoms with Crippen molar-refractivity contribution in [1.82, 2.24) is 5.32 Å². The Kier molecular flexibility index (Phi) is 5.52. The van der Waals surface area contributed by atoms with E-state index in [1.165, 1.54) is 6.07 Å². The van der Waals surface area contributed by atoms with Crippen molar-refractivity contribution >= 4 is 17.3 Å². The number of ether oxygens (including phenoxy) is 1. The Morgan fingerprint density at radius 3 is 2.88 bits per heavy atom. The molecule has 3 rings (SSSR count). The third kappa shape index (κ3) is 4.21. The smallest absolute Gasteiger partial charge is 0.292 e. The number of fused-ring (bicyclic) bond motifs is 1. The third-order valence-electron chi connectivity index (χ3n) is 4.09. The van der Waals surface area contributed by atoms with Crippen LogP contribution in [0.5, 0.6) is 5.75 Å². The van der Waals surface area contributed by atoms with Gasteiger partial charge in [-0.3, -0.25) is 15.1 Å². The highest BCUT2D eigenvalue weighted by molar-refractivity contribution is 5.78. The number of nitro groups is 1. The summed E-state index contributed by atoms with van der Waals surface area (Å²) in [5.74, 6) is 1.21. The molecule has 0 spiro atoms. The van der Waals surface area contributed by atoms with Crippen molar-refractivity contribution in [3.05, 3.63) is 64.2 Å². The van der Waals surface area contributed by atoms with E-state index < -0.39 is 4.92 Å². The van der Waals surface area contributed by atoms with Gasteiger partial charge >= 0.3 is 0 Å². The van der Waals surface area contributed by atoms with Gasteiger partial charge in [0.05, 0.1) is 24.1 Å². The van der Waals surface area contributed by atoms with Crippen LogP contribution in [0.1, 0.15) is 18.0 Å². The molecule has 4 N–H and O–H groups in total. The minimum atomic E-state index is -0.413. The largest absolute Gasteiger partial charge is 0.493 e. The number of rotatable bonds is 6. The lowest BCUT2D eigenvalue weighted by Crippen LogP contribution is -2.37. The maximum atomic E-state index is 11.0. The Hall–Kier alpha value is -3.29. The number of hydrogen-bond donors (Lipinski definition) is 3. The van der Waals surface area contributed by atoms with Crippen molar-refractivity contribution in [2.75, 3.05) is 25.0 Å². The summed E-state index contributed by atoms with van der Waals surface area (Å²) in [6.45, 7) is 1.47. The number of anilines is 1. The highest BCUT2D eigenvalue weighted by Crippen LogP contribution is 2.31. The molecule has 1 atom stereocenters. The van der Waals surface area contributed by atoms with Gasteiger partial charge in [0, 0.05) is 24.6 Å². The minimum absolute atomic E-state index is 0.0430. The molecule has 2 aromatic carbocycles. The summed E-state index contributed by atoms with van der Waals surface area (Å²) >= 11 is 0. The molecule has 1 unspecified atom stereocenters. The predicted molar refractivity (Wildman–Crippen MR) is 101 cm³/mol. The van der Waals surface area contributed by atoms with Gasteiger partial charge in [0.1, 0.15) is 11.4 Å². The molecule has 0 radical (unpaired) electrons. The monoisotopic (exact) mass is 355 g/mol. The van der Waals surface area contributed by atoms with Crippen LogP contribution in [-0.4, -0.2) is 30.6 Å². The molecule has 26 heavy (non-hydrogen) atoms. The molecule has 0 bridgehead atoms. The highest BCUT2D eigenvalue weighted by atomic mass is 16.6. The lowest BCUT2D eigenvalue weighted by Gasteiger charge is -2.26. The number of para-hydroxylation sites is 3. The van der Waals surface area contributed by atoms with Crippen LogP contribution in [0.15, 0.2) is 53.5 Å². The van der Waals surface area contributed by atoms with E-state index in [0.29, 0.717) is 31.3 Å². The third-order valence-corrected chi connectivity index (χ3v) is 4.09. The van der Waals surface area contributed by atoms with Gasteiger partial charge in [-0.05, 0) is 12.1 Å².